The lowest BCUT2D eigenvalue weighted by molar-refractivity contribution is 0.675. The Hall–Kier alpha value is -2.40. The molecule has 3 aromatic rings. The molecule has 2 aromatic heterocycles. The van der Waals surface area contributed by atoms with Crippen LogP contribution in [0.4, 0.5) is 0 Å². The van der Waals surface area contributed by atoms with Gasteiger partial charge in [-0.1, -0.05) is 80.4 Å². The van der Waals surface area contributed by atoms with Crippen molar-refractivity contribution in [1.29, 1.82) is 0 Å². The summed E-state index contributed by atoms with van der Waals surface area (Å²) < 4.78 is 2.04. The molecule has 0 aliphatic rings. The van der Waals surface area contributed by atoms with Gasteiger partial charge in [-0.25, -0.2) is 0 Å². The largest absolute Gasteiger partial charge is 0.305 e. The maximum Gasteiger partial charge on any atom is 0.191 e. The number of benzene rings is 1. The number of hydrogen-bond acceptors (Lipinski definition) is 4. The molecular formula is C23H28N4S. The summed E-state index contributed by atoms with van der Waals surface area (Å²) >= 11 is 1.70. The van der Waals surface area contributed by atoms with Crippen LogP contribution in [0.3, 0.4) is 0 Å². The SMILES string of the molecule is CCCCCC/C=C/c1cncc(-c2nnc(SCc3ccccc3)n2C)c1. The van der Waals surface area contributed by atoms with E-state index in [-0.39, 0.29) is 0 Å². The lowest BCUT2D eigenvalue weighted by atomic mass is 10.1. The molecule has 5 heteroatoms. The van der Waals surface area contributed by atoms with Gasteiger partial charge in [-0.3, -0.25) is 4.98 Å². The average Bonchev–Trinajstić information content (AvgIpc) is 3.10. The lowest BCUT2D eigenvalue weighted by Crippen LogP contribution is -1.96. The predicted molar refractivity (Wildman–Crippen MR) is 118 cm³/mol. The van der Waals surface area contributed by atoms with E-state index in [0.717, 1.165) is 34.3 Å². The third kappa shape index (κ3) is 5.80. The van der Waals surface area contributed by atoms with Crippen molar-refractivity contribution in [3.05, 3.63) is 66.0 Å². The fourth-order valence-electron chi connectivity index (χ4n) is 2.99. The van der Waals surface area contributed by atoms with Crippen LogP contribution in [0.25, 0.3) is 17.5 Å². The zero-order valence-electron chi connectivity index (χ0n) is 16.7. The van der Waals surface area contributed by atoms with E-state index in [2.05, 4.69) is 64.6 Å². The average molecular weight is 393 g/mol. The molecule has 1 aromatic carbocycles. The van der Waals surface area contributed by atoms with Gasteiger partial charge in [-0.2, -0.15) is 0 Å². The Balaban J connectivity index is 1.63. The van der Waals surface area contributed by atoms with E-state index >= 15 is 0 Å². The molecule has 0 fully saturated rings. The van der Waals surface area contributed by atoms with Crippen LogP contribution in [0.1, 0.15) is 50.2 Å². The minimum Gasteiger partial charge on any atom is -0.305 e. The topological polar surface area (TPSA) is 43.6 Å². The van der Waals surface area contributed by atoms with Crippen LogP contribution in [0.5, 0.6) is 0 Å². The summed E-state index contributed by atoms with van der Waals surface area (Å²) in [5.41, 5.74) is 3.38. The van der Waals surface area contributed by atoms with Crippen LogP contribution in [0.15, 0.2) is 60.0 Å². The molecule has 0 saturated carbocycles. The molecule has 28 heavy (non-hydrogen) atoms. The molecule has 3 rings (SSSR count). The van der Waals surface area contributed by atoms with Crippen molar-refractivity contribution in [3.63, 3.8) is 0 Å². The van der Waals surface area contributed by atoms with Crippen molar-refractivity contribution in [2.24, 2.45) is 7.05 Å². The van der Waals surface area contributed by atoms with Crippen molar-refractivity contribution in [1.82, 2.24) is 19.7 Å². The number of thioether (sulfide) groups is 1. The highest BCUT2D eigenvalue weighted by atomic mass is 32.2. The zero-order valence-corrected chi connectivity index (χ0v) is 17.5. The molecule has 0 aliphatic carbocycles. The van der Waals surface area contributed by atoms with E-state index < -0.39 is 0 Å². The summed E-state index contributed by atoms with van der Waals surface area (Å²) in [6.45, 7) is 2.24. The molecule has 0 radical (unpaired) electrons. The second-order valence-corrected chi connectivity index (χ2v) is 7.84. The van der Waals surface area contributed by atoms with Gasteiger partial charge in [0, 0.05) is 30.8 Å². The first-order chi connectivity index (χ1) is 13.8. The quantitative estimate of drug-likeness (QED) is 0.306. The van der Waals surface area contributed by atoms with Crippen LogP contribution in [-0.2, 0) is 12.8 Å². The number of pyridine rings is 1. The van der Waals surface area contributed by atoms with Crippen LogP contribution in [0.2, 0.25) is 0 Å². The monoisotopic (exact) mass is 392 g/mol. The first-order valence-corrected chi connectivity index (χ1v) is 10.9. The standard InChI is InChI=1S/C23H28N4S/c1-3-4-5-6-7-9-14-20-15-21(17-24-16-20)22-25-26-23(27(22)2)28-18-19-12-10-8-11-13-19/h8-17H,3-7,18H2,1-2H3/b14-9+. The molecule has 0 N–H and O–H groups in total. The maximum absolute atomic E-state index is 4.40. The van der Waals surface area contributed by atoms with Gasteiger partial charge in [-0.15, -0.1) is 10.2 Å². The predicted octanol–water partition coefficient (Wildman–Crippen LogP) is 6.15. The summed E-state index contributed by atoms with van der Waals surface area (Å²) in [6, 6.07) is 12.6. The Morgan fingerprint density at radius 3 is 2.71 bits per heavy atom. The zero-order chi connectivity index (χ0) is 19.6. The number of allylic oxidation sites excluding steroid dienone is 1. The van der Waals surface area contributed by atoms with Gasteiger partial charge in [0.1, 0.15) is 0 Å². The van der Waals surface area contributed by atoms with Crippen LogP contribution < -0.4 is 0 Å². The maximum atomic E-state index is 4.40. The highest BCUT2D eigenvalue weighted by molar-refractivity contribution is 7.98. The molecule has 4 nitrogen and oxygen atoms in total. The van der Waals surface area contributed by atoms with Gasteiger partial charge >= 0.3 is 0 Å². The number of nitrogens with zero attached hydrogens (tertiary/aromatic N) is 4. The Morgan fingerprint density at radius 1 is 1.04 bits per heavy atom. The molecule has 0 atom stereocenters. The number of aromatic nitrogens is 4. The first-order valence-electron chi connectivity index (χ1n) is 9.96. The lowest BCUT2D eigenvalue weighted by Gasteiger charge is -2.05. The second-order valence-electron chi connectivity index (χ2n) is 6.90. The van der Waals surface area contributed by atoms with Crippen molar-refractivity contribution in [2.45, 2.75) is 49.9 Å². The minimum absolute atomic E-state index is 0.848. The smallest absolute Gasteiger partial charge is 0.191 e. The Bertz CT molecular complexity index is 887. The Morgan fingerprint density at radius 2 is 1.89 bits per heavy atom. The Labute approximate surface area is 172 Å². The van der Waals surface area contributed by atoms with Crippen molar-refractivity contribution in [3.8, 4) is 11.4 Å². The molecule has 0 bridgehead atoms. The van der Waals surface area contributed by atoms with E-state index in [0.29, 0.717) is 0 Å². The van der Waals surface area contributed by atoms with Gasteiger partial charge in [0.2, 0.25) is 0 Å². The molecule has 0 unspecified atom stereocenters. The Kier molecular flexibility index (Phi) is 7.85. The van der Waals surface area contributed by atoms with E-state index in [9.17, 15) is 0 Å². The molecule has 0 spiro atoms. The summed E-state index contributed by atoms with van der Waals surface area (Å²) in [5.74, 6) is 1.73. The third-order valence-corrected chi connectivity index (χ3v) is 5.69. The van der Waals surface area contributed by atoms with E-state index in [4.69, 9.17) is 0 Å². The van der Waals surface area contributed by atoms with Gasteiger partial charge in [0.05, 0.1) is 0 Å². The summed E-state index contributed by atoms with van der Waals surface area (Å²) in [6.07, 6.45) is 14.4. The fraction of sp³-hybridized carbons (Fsp3) is 0.348. The third-order valence-electron chi connectivity index (χ3n) is 4.60. The van der Waals surface area contributed by atoms with Crippen LogP contribution in [-0.4, -0.2) is 19.7 Å². The van der Waals surface area contributed by atoms with E-state index in [1.54, 1.807) is 11.8 Å². The normalized spacial score (nSPS) is 11.4. The van der Waals surface area contributed by atoms with Gasteiger partial charge < -0.3 is 4.57 Å². The summed E-state index contributed by atoms with van der Waals surface area (Å²) in [7, 11) is 2.01. The summed E-state index contributed by atoms with van der Waals surface area (Å²) in [5, 5.41) is 9.68. The van der Waals surface area contributed by atoms with Crippen molar-refractivity contribution < 1.29 is 0 Å². The molecule has 0 saturated heterocycles. The van der Waals surface area contributed by atoms with Crippen LogP contribution >= 0.6 is 11.8 Å². The van der Waals surface area contributed by atoms with E-state index in [1.165, 1.54) is 31.2 Å². The second kappa shape index (κ2) is 10.8. The van der Waals surface area contributed by atoms with Crippen LogP contribution in [0, 0.1) is 0 Å². The minimum atomic E-state index is 0.848. The van der Waals surface area contributed by atoms with Gasteiger partial charge in [0.25, 0.3) is 0 Å². The molecular weight excluding hydrogens is 364 g/mol. The first kappa shape index (κ1) is 20.3. The number of unbranched alkanes of at least 4 members (excludes halogenated alkanes) is 4. The highest BCUT2D eigenvalue weighted by Crippen LogP contribution is 2.25. The molecule has 2 heterocycles. The van der Waals surface area contributed by atoms with Gasteiger partial charge in [0.15, 0.2) is 11.0 Å². The van der Waals surface area contributed by atoms with Crippen molar-refractivity contribution in [2.75, 3.05) is 0 Å². The van der Waals surface area contributed by atoms with E-state index in [1.807, 2.05) is 30.1 Å². The molecule has 146 valence electrons. The molecule has 0 amide bonds. The number of rotatable bonds is 10. The molecule has 0 aliphatic heterocycles. The summed E-state index contributed by atoms with van der Waals surface area (Å²) in [4.78, 5) is 4.39. The fourth-order valence-corrected chi connectivity index (χ4v) is 3.86. The highest BCUT2D eigenvalue weighted by Gasteiger charge is 2.12. The van der Waals surface area contributed by atoms with Gasteiger partial charge in [-0.05, 0) is 30.0 Å². The number of hydrogen-bond donors (Lipinski definition) is 0. The van der Waals surface area contributed by atoms with Crippen molar-refractivity contribution >= 4 is 17.8 Å².